The van der Waals surface area contributed by atoms with Gasteiger partial charge in [-0.05, 0) is 24.8 Å². The van der Waals surface area contributed by atoms with E-state index in [1.54, 1.807) is 7.05 Å². The van der Waals surface area contributed by atoms with Crippen LogP contribution in [0.15, 0.2) is 17.3 Å². The maximum Gasteiger partial charge on any atom is 0.260 e. The topological polar surface area (TPSA) is 75.4 Å². The van der Waals surface area contributed by atoms with E-state index in [1.807, 2.05) is 0 Å². The van der Waals surface area contributed by atoms with Gasteiger partial charge in [0, 0.05) is 20.1 Å². The highest BCUT2D eigenvalue weighted by Gasteiger charge is 2.55. The highest BCUT2D eigenvalue weighted by molar-refractivity contribution is 7.89. The van der Waals surface area contributed by atoms with Crippen molar-refractivity contribution in [2.24, 2.45) is 13.0 Å². The molecule has 1 saturated heterocycles. The zero-order valence-electron chi connectivity index (χ0n) is 9.57. The first-order valence-electron chi connectivity index (χ1n) is 5.64. The number of sulfonamides is 1. The molecule has 1 N–H and O–H groups in total. The van der Waals surface area contributed by atoms with Crippen LogP contribution in [0.2, 0.25) is 0 Å². The van der Waals surface area contributed by atoms with Crippen molar-refractivity contribution in [3.8, 4) is 0 Å². The molecule has 94 valence electrons. The SMILES string of the molecule is Cn1nccc1S(=O)(=O)N1CC(O)(C2CC2)C1. The molecule has 7 heteroatoms. The van der Waals surface area contributed by atoms with E-state index < -0.39 is 15.6 Å². The molecule has 3 rings (SSSR count). The smallest absolute Gasteiger partial charge is 0.260 e. The summed E-state index contributed by atoms with van der Waals surface area (Å²) in [6.07, 6.45) is 3.48. The third-order valence-corrected chi connectivity index (χ3v) is 5.48. The minimum atomic E-state index is -3.49. The van der Waals surface area contributed by atoms with Crippen molar-refractivity contribution in [3.05, 3.63) is 12.3 Å². The quantitative estimate of drug-likeness (QED) is 0.797. The summed E-state index contributed by atoms with van der Waals surface area (Å²) in [5, 5.41) is 14.2. The van der Waals surface area contributed by atoms with E-state index in [1.165, 1.54) is 21.3 Å². The van der Waals surface area contributed by atoms with Gasteiger partial charge in [0.05, 0.1) is 11.8 Å². The van der Waals surface area contributed by atoms with Crippen molar-refractivity contribution in [2.75, 3.05) is 13.1 Å². The van der Waals surface area contributed by atoms with E-state index in [2.05, 4.69) is 5.10 Å². The lowest BCUT2D eigenvalue weighted by Crippen LogP contribution is -2.64. The molecule has 1 aliphatic carbocycles. The number of aryl methyl sites for hydroxylation is 1. The summed E-state index contributed by atoms with van der Waals surface area (Å²) in [4.78, 5) is 0. The molecule has 6 nitrogen and oxygen atoms in total. The molecule has 17 heavy (non-hydrogen) atoms. The van der Waals surface area contributed by atoms with E-state index in [9.17, 15) is 13.5 Å². The molecule has 0 amide bonds. The molecular weight excluding hydrogens is 242 g/mol. The van der Waals surface area contributed by atoms with E-state index >= 15 is 0 Å². The monoisotopic (exact) mass is 257 g/mol. The van der Waals surface area contributed by atoms with Crippen LogP contribution in [-0.4, -0.2) is 46.3 Å². The summed E-state index contributed by atoms with van der Waals surface area (Å²) in [6, 6.07) is 1.48. The van der Waals surface area contributed by atoms with Gasteiger partial charge in [-0.2, -0.15) is 9.40 Å². The molecule has 1 saturated carbocycles. The van der Waals surface area contributed by atoms with Crippen LogP contribution >= 0.6 is 0 Å². The maximum atomic E-state index is 12.2. The normalized spacial score (nSPS) is 24.6. The third kappa shape index (κ3) is 1.61. The predicted molar refractivity (Wildman–Crippen MR) is 59.6 cm³/mol. The van der Waals surface area contributed by atoms with Gasteiger partial charge in [0.15, 0.2) is 5.03 Å². The fraction of sp³-hybridized carbons (Fsp3) is 0.700. The van der Waals surface area contributed by atoms with Crippen LogP contribution in [0.4, 0.5) is 0 Å². The Labute approximate surface area is 99.9 Å². The molecule has 0 radical (unpaired) electrons. The second-order valence-corrected chi connectivity index (χ2v) is 6.83. The molecule has 2 fully saturated rings. The van der Waals surface area contributed by atoms with Crippen molar-refractivity contribution < 1.29 is 13.5 Å². The standard InChI is InChI=1S/C10H15N3O3S/c1-12-9(4-5-11-12)17(15,16)13-6-10(14,7-13)8-2-3-8/h4-5,8,14H,2-3,6-7H2,1H3. The molecule has 0 aromatic carbocycles. The van der Waals surface area contributed by atoms with Crippen LogP contribution in [0, 0.1) is 5.92 Å². The molecule has 1 aromatic rings. The van der Waals surface area contributed by atoms with Crippen LogP contribution in [0.1, 0.15) is 12.8 Å². The lowest BCUT2D eigenvalue weighted by atomic mass is 9.91. The van der Waals surface area contributed by atoms with E-state index in [0.717, 1.165) is 12.8 Å². The zero-order valence-corrected chi connectivity index (χ0v) is 10.4. The summed E-state index contributed by atoms with van der Waals surface area (Å²) in [5.41, 5.74) is -0.786. The van der Waals surface area contributed by atoms with Crippen molar-refractivity contribution >= 4 is 10.0 Å². The van der Waals surface area contributed by atoms with Gasteiger partial charge in [0.25, 0.3) is 10.0 Å². The second kappa shape index (κ2) is 3.30. The molecule has 2 heterocycles. The molecular formula is C10H15N3O3S. The number of aromatic nitrogens is 2. The number of aliphatic hydroxyl groups is 1. The highest BCUT2D eigenvalue weighted by atomic mass is 32.2. The average molecular weight is 257 g/mol. The number of hydrogen-bond donors (Lipinski definition) is 1. The fourth-order valence-electron chi connectivity index (χ4n) is 2.36. The second-order valence-electron chi connectivity index (χ2n) is 4.94. The Morgan fingerprint density at radius 3 is 2.59 bits per heavy atom. The van der Waals surface area contributed by atoms with E-state index in [-0.39, 0.29) is 18.1 Å². The summed E-state index contributed by atoms with van der Waals surface area (Å²) >= 11 is 0. The highest BCUT2D eigenvalue weighted by Crippen LogP contribution is 2.45. The number of rotatable bonds is 3. The van der Waals surface area contributed by atoms with Gasteiger partial charge >= 0.3 is 0 Å². The van der Waals surface area contributed by atoms with Crippen LogP contribution in [0.5, 0.6) is 0 Å². The van der Waals surface area contributed by atoms with Gasteiger partial charge in [0.1, 0.15) is 0 Å². The van der Waals surface area contributed by atoms with Crippen LogP contribution in [-0.2, 0) is 17.1 Å². The molecule has 0 unspecified atom stereocenters. The molecule has 1 aromatic heterocycles. The lowest BCUT2D eigenvalue weighted by Gasteiger charge is -2.45. The summed E-state index contributed by atoms with van der Waals surface area (Å²) < 4.78 is 27.0. The fourth-order valence-corrected chi connectivity index (χ4v) is 4.03. The van der Waals surface area contributed by atoms with Gasteiger partial charge in [-0.15, -0.1) is 0 Å². The molecule has 0 bridgehead atoms. The van der Waals surface area contributed by atoms with Crippen molar-refractivity contribution in [3.63, 3.8) is 0 Å². The van der Waals surface area contributed by atoms with Crippen molar-refractivity contribution in [1.29, 1.82) is 0 Å². The lowest BCUT2D eigenvalue weighted by molar-refractivity contribution is -0.0766. The largest absolute Gasteiger partial charge is 0.387 e. The van der Waals surface area contributed by atoms with Gasteiger partial charge in [-0.3, -0.25) is 4.68 Å². The zero-order chi connectivity index (χ0) is 12.3. The van der Waals surface area contributed by atoms with Gasteiger partial charge in [-0.25, -0.2) is 8.42 Å². The Hall–Kier alpha value is -0.920. The van der Waals surface area contributed by atoms with E-state index in [0.29, 0.717) is 5.92 Å². The summed E-state index contributed by atoms with van der Waals surface area (Å²) in [7, 11) is -1.90. The molecule has 0 spiro atoms. The number of β-amino-alcohol motifs (C(OH)–C–C–N with tert-alkyl or cyclic N) is 1. The van der Waals surface area contributed by atoms with Crippen LogP contribution in [0.25, 0.3) is 0 Å². The first-order chi connectivity index (χ1) is 7.93. The Balaban J connectivity index is 1.80. The van der Waals surface area contributed by atoms with Crippen molar-refractivity contribution in [1.82, 2.24) is 14.1 Å². The Morgan fingerprint density at radius 2 is 2.12 bits per heavy atom. The third-order valence-electron chi connectivity index (χ3n) is 3.62. The average Bonchev–Trinajstić information content (AvgIpc) is 2.97. The maximum absolute atomic E-state index is 12.2. The molecule has 0 atom stereocenters. The molecule has 2 aliphatic rings. The Bertz CT molecular complexity index is 541. The van der Waals surface area contributed by atoms with Gasteiger partial charge in [-0.1, -0.05) is 0 Å². The predicted octanol–water partition coefficient (Wildman–Crippen LogP) is -0.435. The first kappa shape index (κ1) is 11.2. The number of hydrogen-bond acceptors (Lipinski definition) is 4. The van der Waals surface area contributed by atoms with Crippen LogP contribution in [0.3, 0.4) is 0 Å². The van der Waals surface area contributed by atoms with Crippen LogP contribution < -0.4 is 0 Å². The Morgan fingerprint density at radius 1 is 1.47 bits per heavy atom. The Kier molecular flexibility index (Phi) is 2.17. The van der Waals surface area contributed by atoms with Crippen molar-refractivity contribution in [2.45, 2.75) is 23.5 Å². The first-order valence-corrected chi connectivity index (χ1v) is 7.08. The minimum absolute atomic E-state index is 0.176. The number of nitrogens with zero attached hydrogens (tertiary/aromatic N) is 3. The van der Waals surface area contributed by atoms with Gasteiger partial charge in [0.2, 0.25) is 0 Å². The minimum Gasteiger partial charge on any atom is -0.387 e. The van der Waals surface area contributed by atoms with Gasteiger partial charge < -0.3 is 5.11 Å². The molecule has 1 aliphatic heterocycles. The summed E-state index contributed by atoms with van der Waals surface area (Å²) in [6.45, 7) is 0.427. The van der Waals surface area contributed by atoms with E-state index in [4.69, 9.17) is 0 Å². The summed E-state index contributed by atoms with van der Waals surface area (Å²) in [5.74, 6) is 0.292.